The second-order valence-electron chi connectivity index (χ2n) is 4.32. The Morgan fingerprint density at radius 1 is 1.00 bits per heavy atom. The van der Waals surface area contributed by atoms with Crippen LogP contribution in [-0.4, -0.2) is 11.7 Å². The predicted octanol–water partition coefficient (Wildman–Crippen LogP) is 3.43. The highest BCUT2D eigenvalue weighted by Crippen LogP contribution is 2.32. The molecule has 0 spiro atoms. The highest BCUT2D eigenvalue weighted by molar-refractivity contribution is 6.06. The van der Waals surface area contributed by atoms with E-state index in [0.717, 1.165) is 33.1 Å². The van der Waals surface area contributed by atoms with Crippen LogP contribution in [0.25, 0.3) is 21.9 Å². The Bertz CT molecular complexity index is 680. The lowest BCUT2D eigenvalue weighted by atomic mass is 10.1. The summed E-state index contributed by atoms with van der Waals surface area (Å²) in [7, 11) is 0. The van der Waals surface area contributed by atoms with Crippen molar-refractivity contribution in [1.82, 2.24) is 0 Å². The smallest absolute Gasteiger partial charge is 0.138 e. The Kier molecular flexibility index (Phi) is 2.37. The van der Waals surface area contributed by atoms with Gasteiger partial charge in [-0.15, -0.1) is 0 Å². The summed E-state index contributed by atoms with van der Waals surface area (Å²) >= 11 is 0. The quantitative estimate of drug-likeness (QED) is 0.726. The van der Waals surface area contributed by atoms with Crippen molar-refractivity contribution in [3.05, 3.63) is 47.5 Å². The first-order valence-corrected chi connectivity index (χ1v) is 5.82. The first kappa shape index (κ1) is 10.4. The summed E-state index contributed by atoms with van der Waals surface area (Å²) in [6, 6.07) is 12.3. The van der Waals surface area contributed by atoms with Gasteiger partial charge in [0.2, 0.25) is 0 Å². The Morgan fingerprint density at radius 2 is 1.71 bits per heavy atom. The van der Waals surface area contributed by atoms with E-state index in [1.165, 1.54) is 0 Å². The van der Waals surface area contributed by atoms with Crippen LogP contribution in [0.3, 0.4) is 0 Å². The number of aliphatic hydroxyl groups excluding tert-OH is 1. The molecule has 1 N–H and O–H groups in total. The molecule has 2 heteroatoms. The number of rotatable bonds is 2. The topological polar surface area (TPSA) is 33.4 Å². The molecule has 2 nitrogen and oxygen atoms in total. The van der Waals surface area contributed by atoms with E-state index >= 15 is 0 Å². The van der Waals surface area contributed by atoms with Crippen molar-refractivity contribution < 1.29 is 9.52 Å². The predicted molar refractivity (Wildman–Crippen MR) is 69.2 cm³/mol. The molecular weight excluding hydrogens is 212 g/mol. The number of hydrogen-bond donors (Lipinski definition) is 1. The molecule has 1 heterocycles. The lowest BCUT2D eigenvalue weighted by Crippen LogP contribution is -1.90. The zero-order chi connectivity index (χ0) is 11.8. The molecule has 0 unspecified atom stereocenters. The van der Waals surface area contributed by atoms with Crippen molar-refractivity contribution in [2.45, 2.75) is 13.3 Å². The maximum Gasteiger partial charge on any atom is 0.138 e. The molecule has 17 heavy (non-hydrogen) atoms. The van der Waals surface area contributed by atoms with Gasteiger partial charge in [0, 0.05) is 17.4 Å². The van der Waals surface area contributed by atoms with Gasteiger partial charge in [-0.05, 0) is 24.5 Å². The first-order valence-electron chi connectivity index (χ1n) is 5.82. The van der Waals surface area contributed by atoms with Gasteiger partial charge in [0.05, 0.1) is 0 Å². The highest BCUT2D eigenvalue weighted by Gasteiger charge is 2.11. The van der Waals surface area contributed by atoms with Crippen LogP contribution < -0.4 is 0 Å². The van der Waals surface area contributed by atoms with Crippen LogP contribution >= 0.6 is 0 Å². The Morgan fingerprint density at radius 3 is 2.47 bits per heavy atom. The number of fused-ring (bicyclic) bond motifs is 3. The molecule has 0 fully saturated rings. The lowest BCUT2D eigenvalue weighted by molar-refractivity contribution is 0.299. The van der Waals surface area contributed by atoms with Gasteiger partial charge in [-0.1, -0.05) is 36.4 Å². The van der Waals surface area contributed by atoms with Gasteiger partial charge >= 0.3 is 0 Å². The van der Waals surface area contributed by atoms with E-state index < -0.39 is 0 Å². The second kappa shape index (κ2) is 3.90. The van der Waals surface area contributed by atoms with Crippen LogP contribution in [0.1, 0.15) is 11.1 Å². The number of aryl methyl sites for hydroxylation is 1. The van der Waals surface area contributed by atoms with Crippen LogP contribution in [0, 0.1) is 6.92 Å². The number of benzene rings is 2. The van der Waals surface area contributed by atoms with Gasteiger partial charge < -0.3 is 9.52 Å². The van der Waals surface area contributed by atoms with Crippen molar-refractivity contribution in [3.8, 4) is 0 Å². The summed E-state index contributed by atoms with van der Waals surface area (Å²) in [5.74, 6) is 0. The fraction of sp³-hybridized carbons (Fsp3) is 0.200. The normalized spacial score (nSPS) is 11.4. The fourth-order valence-electron chi connectivity index (χ4n) is 2.34. The monoisotopic (exact) mass is 226 g/mol. The molecule has 0 amide bonds. The minimum atomic E-state index is 0.148. The maximum absolute atomic E-state index is 9.07. The van der Waals surface area contributed by atoms with Gasteiger partial charge in [0.15, 0.2) is 0 Å². The molecule has 0 bridgehead atoms. The average Bonchev–Trinajstić information content (AvgIpc) is 2.71. The van der Waals surface area contributed by atoms with Crippen LogP contribution in [0.5, 0.6) is 0 Å². The third-order valence-electron chi connectivity index (χ3n) is 3.18. The summed E-state index contributed by atoms with van der Waals surface area (Å²) in [4.78, 5) is 0. The Balaban J connectivity index is 2.42. The van der Waals surface area contributed by atoms with E-state index in [1.807, 2.05) is 18.2 Å². The molecule has 0 aliphatic carbocycles. The van der Waals surface area contributed by atoms with E-state index in [4.69, 9.17) is 9.52 Å². The molecule has 3 rings (SSSR count). The standard InChI is InChI=1S/C15H14O2/c1-10-4-2-6-12-13-7-3-5-11(8-9-16)15(13)17-14(10)12/h2-7,16H,8-9H2,1H3. The van der Waals surface area contributed by atoms with Crippen molar-refractivity contribution in [2.24, 2.45) is 0 Å². The molecule has 0 saturated heterocycles. The van der Waals surface area contributed by atoms with E-state index in [-0.39, 0.29) is 6.61 Å². The van der Waals surface area contributed by atoms with Gasteiger partial charge in [-0.2, -0.15) is 0 Å². The Labute approximate surface area is 99.5 Å². The molecule has 0 aliphatic heterocycles. The number of hydrogen-bond acceptors (Lipinski definition) is 2. The third kappa shape index (κ3) is 1.53. The zero-order valence-electron chi connectivity index (χ0n) is 9.73. The highest BCUT2D eigenvalue weighted by atomic mass is 16.3. The summed E-state index contributed by atoms with van der Waals surface area (Å²) in [5.41, 5.74) is 4.08. The molecule has 0 saturated carbocycles. The van der Waals surface area contributed by atoms with E-state index in [0.29, 0.717) is 6.42 Å². The number of furan rings is 1. The van der Waals surface area contributed by atoms with Gasteiger partial charge in [0.25, 0.3) is 0 Å². The van der Waals surface area contributed by atoms with E-state index in [2.05, 4.69) is 25.1 Å². The molecule has 86 valence electrons. The van der Waals surface area contributed by atoms with Gasteiger partial charge in [-0.3, -0.25) is 0 Å². The van der Waals surface area contributed by atoms with Crippen molar-refractivity contribution in [2.75, 3.05) is 6.61 Å². The molecule has 0 atom stereocenters. The number of para-hydroxylation sites is 2. The molecule has 1 aromatic heterocycles. The fourth-order valence-corrected chi connectivity index (χ4v) is 2.34. The summed E-state index contributed by atoms with van der Waals surface area (Å²) in [6.45, 7) is 2.20. The third-order valence-corrected chi connectivity index (χ3v) is 3.18. The molecule has 0 radical (unpaired) electrons. The SMILES string of the molecule is Cc1cccc2c1oc1c(CCO)cccc12. The minimum Gasteiger partial charge on any atom is -0.455 e. The maximum atomic E-state index is 9.07. The Hall–Kier alpha value is -1.80. The summed E-state index contributed by atoms with van der Waals surface area (Å²) < 4.78 is 5.96. The minimum absolute atomic E-state index is 0.148. The summed E-state index contributed by atoms with van der Waals surface area (Å²) in [6.07, 6.45) is 0.635. The average molecular weight is 226 g/mol. The summed E-state index contributed by atoms with van der Waals surface area (Å²) in [5, 5.41) is 11.4. The molecular formula is C15H14O2. The second-order valence-corrected chi connectivity index (χ2v) is 4.32. The van der Waals surface area contributed by atoms with Crippen molar-refractivity contribution >= 4 is 21.9 Å². The van der Waals surface area contributed by atoms with Crippen molar-refractivity contribution in [3.63, 3.8) is 0 Å². The van der Waals surface area contributed by atoms with Crippen LogP contribution in [0.2, 0.25) is 0 Å². The number of aliphatic hydroxyl groups is 1. The van der Waals surface area contributed by atoms with Crippen LogP contribution in [-0.2, 0) is 6.42 Å². The van der Waals surface area contributed by atoms with Gasteiger partial charge in [0.1, 0.15) is 11.2 Å². The first-order chi connectivity index (χ1) is 8.31. The lowest BCUT2D eigenvalue weighted by Gasteiger charge is -1.98. The van der Waals surface area contributed by atoms with Crippen molar-refractivity contribution in [1.29, 1.82) is 0 Å². The zero-order valence-corrected chi connectivity index (χ0v) is 9.73. The van der Waals surface area contributed by atoms with E-state index in [1.54, 1.807) is 0 Å². The largest absolute Gasteiger partial charge is 0.455 e. The molecule has 2 aromatic carbocycles. The van der Waals surface area contributed by atoms with Crippen LogP contribution in [0.4, 0.5) is 0 Å². The van der Waals surface area contributed by atoms with Crippen LogP contribution in [0.15, 0.2) is 40.8 Å². The molecule has 0 aliphatic rings. The van der Waals surface area contributed by atoms with Gasteiger partial charge in [-0.25, -0.2) is 0 Å². The van der Waals surface area contributed by atoms with E-state index in [9.17, 15) is 0 Å². The molecule has 3 aromatic rings.